The molecule has 0 atom stereocenters. The molecule has 9 aromatic carbocycles. The lowest BCUT2D eigenvalue weighted by Gasteiger charge is -2.27. The minimum absolute atomic E-state index is 1.12. The van der Waals surface area contributed by atoms with Crippen LogP contribution in [0.3, 0.4) is 0 Å². The van der Waals surface area contributed by atoms with E-state index in [0.29, 0.717) is 0 Å². The fourth-order valence-corrected chi connectivity index (χ4v) is 8.75. The Labute approximate surface area is 294 Å². The molecular weight excluding hydrogens is 623 g/mol. The van der Waals surface area contributed by atoms with Crippen LogP contribution in [0.5, 0.6) is 0 Å². The van der Waals surface area contributed by atoms with Crippen molar-refractivity contribution in [3.05, 3.63) is 188 Å². The highest BCUT2D eigenvalue weighted by Gasteiger charge is 2.19. The SMILES string of the molecule is c1ccc(-c2ccc(N(c3ccc4ccc5ccccc5c4c3)c3ccc4sc5ccc6ccccc6c5c4c3)cc2-c2ccccc2)cc1. The molecule has 0 spiro atoms. The van der Waals surface area contributed by atoms with Gasteiger partial charge in [0.25, 0.3) is 0 Å². The van der Waals surface area contributed by atoms with E-state index in [-0.39, 0.29) is 0 Å². The average molecular weight is 654 g/mol. The number of thiophene rings is 1. The molecule has 0 amide bonds. The van der Waals surface area contributed by atoms with Gasteiger partial charge in [0.05, 0.1) is 0 Å². The van der Waals surface area contributed by atoms with Crippen LogP contribution in [0, 0.1) is 0 Å². The summed E-state index contributed by atoms with van der Waals surface area (Å²) in [7, 11) is 0. The molecule has 50 heavy (non-hydrogen) atoms. The Hall–Kier alpha value is -6.22. The molecule has 2 heteroatoms. The van der Waals surface area contributed by atoms with Crippen molar-refractivity contribution in [3.8, 4) is 22.3 Å². The minimum atomic E-state index is 1.12. The first-order valence-electron chi connectivity index (χ1n) is 17.1. The molecular formula is C48H31NS. The van der Waals surface area contributed by atoms with Crippen LogP contribution in [0.1, 0.15) is 0 Å². The van der Waals surface area contributed by atoms with Gasteiger partial charge in [-0.2, -0.15) is 0 Å². The number of hydrogen-bond acceptors (Lipinski definition) is 2. The fraction of sp³-hybridized carbons (Fsp3) is 0. The molecule has 0 bridgehead atoms. The zero-order chi connectivity index (χ0) is 33.0. The molecule has 0 fully saturated rings. The molecule has 0 unspecified atom stereocenters. The second-order valence-electron chi connectivity index (χ2n) is 12.9. The molecule has 0 aliphatic heterocycles. The van der Waals surface area contributed by atoms with Crippen LogP contribution < -0.4 is 4.90 Å². The summed E-state index contributed by atoms with van der Waals surface area (Å²) in [6.07, 6.45) is 0. The van der Waals surface area contributed by atoms with E-state index in [4.69, 9.17) is 0 Å². The summed E-state index contributed by atoms with van der Waals surface area (Å²) in [5.41, 5.74) is 8.21. The molecule has 0 saturated heterocycles. The van der Waals surface area contributed by atoms with E-state index in [2.05, 4.69) is 193 Å². The Balaban J connectivity index is 1.25. The number of benzene rings is 9. The highest BCUT2D eigenvalue weighted by molar-refractivity contribution is 7.26. The first-order chi connectivity index (χ1) is 24.8. The van der Waals surface area contributed by atoms with Crippen molar-refractivity contribution in [3.63, 3.8) is 0 Å². The van der Waals surface area contributed by atoms with E-state index < -0.39 is 0 Å². The van der Waals surface area contributed by atoms with Crippen molar-refractivity contribution in [2.75, 3.05) is 4.90 Å². The van der Waals surface area contributed by atoms with Gasteiger partial charge in [-0.25, -0.2) is 0 Å². The lowest BCUT2D eigenvalue weighted by molar-refractivity contribution is 1.30. The Morgan fingerprint density at radius 2 is 0.820 bits per heavy atom. The van der Waals surface area contributed by atoms with E-state index in [1.54, 1.807) is 0 Å². The summed E-state index contributed by atoms with van der Waals surface area (Å²) < 4.78 is 2.62. The monoisotopic (exact) mass is 653 g/mol. The van der Waals surface area contributed by atoms with Crippen molar-refractivity contribution < 1.29 is 0 Å². The summed E-state index contributed by atoms with van der Waals surface area (Å²) in [6, 6.07) is 68.8. The van der Waals surface area contributed by atoms with Gasteiger partial charge in [-0.3, -0.25) is 0 Å². The van der Waals surface area contributed by atoms with Crippen molar-refractivity contribution in [2.45, 2.75) is 0 Å². The number of fused-ring (bicyclic) bond motifs is 8. The van der Waals surface area contributed by atoms with E-state index in [9.17, 15) is 0 Å². The van der Waals surface area contributed by atoms with Crippen molar-refractivity contribution in [2.24, 2.45) is 0 Å². The molecule has 0 N–H and O–H groups in total. The number of rotatable bonds is 5. The van der Waals surface area contributed by atoms with Gasteiger partial charge in [0.2, 0.25) is 0 Å². The Kier molecular flexibility index (Phi) is 6.75. The Morgan fingerprint density at radius 3 is 1.58 bits per heavy atom. The molecule has 234 valence electrons. The maximum atomic E-state index is 2.44. The molecule has 0 radical (unpaired) electrons. The van der Waals surface area contributed by atoms with Crippen LogP contribution in [-0.4, -0.2) is 0 Å². The largest absolute Gasteiger partial charge is 0.310 e. The summed E-state index contributed by atoms with van der Waals surface area (Å²) in [5, 5.41) is 10.2. The van der Waals surface area contributed by atoms with Gasteiger partial charge in [0, 0.05) is 37.2 Å². The summed E-state index contributed by atoms with van der Waals surface area (Å²) in [4.78, 5) is 2.44. The summed E-state index contributed by atoms with van der Waals surface area (Å²) >= 11 is 1.87. The van der Waals surface area contributed by atoms with Crippen LogP contribution in [0.4, 0.5) is 17.1 Å². The third kappa shape index (κ3) is 4.76. The standard InChI is InChI=1S/C48H31NS/c1-3-11-32(12-4-1)41-26-24-38(30-43(41)33-13-5-2-6-14-33)49(37-23-21-36-20-19-34-15-7-9-17-40(34)44(36)29-37)39-25-28-46-45(31-39)48-42-18-10-8-16-35(42)22-27-47(48)50-46/h1-31H. The van der Waals surface area contributed by atoms with Gasteiger partial charge in [-0.05, 0) is 103 Å². The highest BCUT2D eigenvalue weighted by Crippen LogP contribution is 2.45. The quantitative estimate of drug-likeness (QED) is 0.167. The summed E-state index contributed by atoms with van der Waals surface area (Å²) in [5.74, 6) is 0. The van der Waals surface area contributed by atoms with Crippen LogP contribution in [0.25, 0.3) is 74.7 Å². The molecule has 0 aliphatic rings. The normalized spacial score (nSPS) is 11.6. The van der Waals surface area contributed by atoms with Gasteiger partial charge in [0.15, 0.2) is 0 Å². The lowest BCUT2D eigenvalue weighted by Crippen LogP contribution is -2.10. The highest BCUT2D eigenvalue weighted by atomic mass is 32.1. The Bertz CT molecular complexity index is 2870. The van der Waals surface area contributed by atoms with Crippen LogP contribution in [-0.2, 0) is 0 Å². The van der Waals surface area contributed by atoms with E-state index in [1.165, 1.54) is 74.7 Å². The van der Waals surface area contributed by atoms with Crippen molar-refractivity contribution in [1.29, 1.82) is 0 Å². The van der Waals surface area contributed by atoms with Gasteiger partial charge in [0.1, 0.15) is 0 Å². The average Bonchev–Trinajstić information content (AvgIpc) is 3.57. The third-order valence-corrected chi connectivity index (χ3v) is 11.2. The maximum Gasteiger partial charge on any atom is 0.0468 e. The molecule has 10 aromatic rings. The second kappa shape index (κ2) is 11.7. The number of anilines is 3. The molecule has 1 heterocycles. The summed E-state index contributed by atoms with van der Waals surface area (Å²) in [6.45, 7) is 0. The van der Waals surface area contributed by atoms with Gasteiger partial charge in [-0.15, -0.1) is 11.3 Å². The van der Waals surface area contributed by atoms with E-state index in [0.717, 1.165) is 17.1 Å². The smallest absolute Gasteiger partial charge is 0.0468 e. The zero-order valence-electron chi connectivity index (χ0n) is 27.3. The number of nitrogens with zero attached hydrogens (tertiary/aromatic N) is 1. The van der Waals surface area contributed by atoms with Crippen LogP contribution >= 0.6 is 11.3 Å². The lowest BCUT2D eigenvalue weighted by atomic mass is 9.93. The second-order valence-corrected chi connectivity index (χ2v) is 14.0. The molecule has 0 aliphatic carbocycles. The van der Waals surface area contributed by atoms with Gasteiger partial charge >= 0.3 is 0 Å². The zero-order valence-corrected chi connectivity index (χ0v) is 28.1. The molecule has 1 nitrogen and oxygen atoms in total. The fourth-order valence-electron chi connectivity index (χ4n) is 7.65. The van der Waals surface area contributed by atoms with E-state index >= 15 is 0 Å². The Morgan fingerprint density at radius 1 is 0.320 bits per heavy atom. The predicted molar refractivity (Wildman–Crippen MR) is 217 cm³/mol. The van der Waals surface area contributed by atoms with Gasteiger partial charge in [-0.1, -0.05) is 140 Å². The molecule has 10 rings (SSSR count). The van der Waals surface area contributed by atoms with E-state index in [1.807, 2.05) is 11.3 Å². The van der Waals surface area contributed by atoms with Gasteiger partial charge < -0.3 is 4.90 Å². The number of hydrogen-bond donors (Lipinski definition) is 0. The van der Waals surface area contributed by atoms with Crippen molar-refractivity contribution >= 4 is 80.9 Å². The van der Waals surface area contributed by atoms with Crippen molar-refractivity contribution in [1.82, 2.24) is 0 Å². The molecule has 0 saturated carbocycles. The maximum absolute atomic E-state index is 2.44. The first kappa shape index (κ1) is 28.8. The minimum Gasteiger partial charge on any atom is -0.310 e. The molecule has 1 aromatic heterocycles. The van der Waals surface area contributed by atoms with Crippen LogP contribution in [0.2, 0.25) is 0 Å². The first-order valence-corrected chi connectivity index (χ1v) is 17.9. The van der Waals surface area contributed by atoms with Crippen LogP contribution in [0.15, 0.2) is 188 Å². The third-order valence-electron chi connectivity index (χ3n) is 10.0. The predicted octanol–water partition coefficient (Wildman–Crippen LogP) is 14.3. The topological polar surface area (TPSA) is 3.24 Å².